The average molecular weight is 248 g/mol. The summed E-state index contributed by atoms with van der Waals surface area (Å²) >= 11 is 0. The fourth-order valence-electron chi connectivity index (χ4n) is 1.70. The summed E-state index contributed by atoms with van der Waals surface area (Å²) in [4.78, 5) is 11.1. The number of halogens is 1. The highest BCUT2D eigenvalue weighted by Crippen LogP contribution is 2.31. The van der Waals surface area contributed by atoms with Gasteiger partial charge in [0.25, 0.3) is 0 Å². The molecule has 18 heavy (non-hydrogen) atoms. The Morgan fingerprint density at radius 1 is 1.33 bits per heavy atom. The number of allylic oxidation sites excluding steroid dienone is 2. The molecule has 0 spiro atoms. The largest absolute Gasteiger partial charge is 0.457 e. The fraction of sp³-hybridized carbons (Fsp3) is 0.154. The van der Waals surface area contributed by atoms with Crippen LogP contribution in [0.15, 0.2) is 54.3 Å². The van der Waals surface area contributed by atoms with E-state index in [0.29, 0.717) is 5.75 Å². The Hall–Kier alpha value is -2.14. The van der Waals surface area contributed by atoms with Crippen LogP contribution in [0.3, 0.4) is 0 Å². The van der Waals surface area contributed by atoms with E-state index in [9.17, 15) is 9.18 Å². The number of ether oxygens (including phenoxy) is 1. The van der Waals surface area contributed by atoms with Crippen LogP contribution in [0.25, 0.3) is 0 Å². The quantitative estimate of drug-likeness (QED) is 0.790. The number of alkyl halides is 1. The van der Waals surface area contributed by atoms with Gasteiger partial charge in [0.2, 0.25) is 11.7 Å². The first-order chi connectivity index (χ1) is 8.51. The molecule has 0 saturated carbocycles. The molecule has 1 aromatic rings. The summed E-state index contributed by atoms with van der Waals surface area (Å²) in [5, 5.41) is 0. The number of hydrogen-bond donors (Lipinski definition) is 2. The van der Waals surface area contributed by atoms with Crippen LogP contribution in [0.1, 0.15) is 0 Å². The van der Waals surface area contributed by atoms with Crippen LogP contribution in [0, 0.1) is 5.92 Å². The molecule has 0 saturated heterocycles. The maximum absolute atomic E-state index is 14.4. The zero-order valence-electron chi connectivity index (χ0n) is 9.55. The van der Waals surface area contributed by atoms with E-state index >= 15 is 0 Å². The van der Waals surface area contributed by atoms with Crippen LogP contribution >= 0.6 is 0 Å². The third kappa shape index (κ3) is 2.26. The van der Waals surface area contributed by atoms with E-state index in [1.165, 1.54) is 18.2 Å². The van der Waals surface area contributed by atoms with Crippen LogP contribution in [0.5, 0.6) is 5.75 Å². The van der Waals surface area contributed by atoms with Crippen LogP contribution in [0.2, 0.25) is 0 Å². The van der Waals surface area contributed by atoms with Gasteiger partial charge in [-0.25, -0.2) is 4.39 Å². The van der Waals surface area contributed by atoms with Gasteiger partial charge in [0.15, 0.2) is 5.76 Å². The first-order valence-corrected chi connectivity index (χ1v) is 5.41. The van der Waals surface area contributed by atoms with E-state index in [0.717, 1.165) is 0 Å². The SMILES string of the molecule is NC(=O)C1C=CC=C(Oc2ccccc2)C1(N)F. The van der Waals surface area contributed by atoms with Gasteiger partial charge >= 0.3 is 0 Å². The zero-order chi connectivity index (χ0) is 13.2. The standard InChI is InChI=1S/C13H13FN2O2/c14-13(16)10(12(15)17)7-4-8-11(13)18-9-5-2-1-3-6-9/h1-8,10H,16H2,(H2,15,17). The lowest BCUT2D eigenvalue weighted by molar-refractivity contribution is -0.124. The lowest BCUT2D eigenvalue weighted by atomic mass is 9.91. The van der Waals surface area contributed by atoms with Crippen molar-refractivity contribution < 1.29 is 13.9 Å². The zero-order valence-corrected chi connectivity index (χ0v) is 9.55. The molecule has 1 aliphatic rings. The van der Waals surface area contributed by atoms with Gasteiger partial charge in [-0.15, -0.1) is 0 Å². The maximum Gasteiger partial charge on any atom is 0.232 e. The maximum atomic E-state index is 14.4. The number of para-hydroxylation sites is 1. The highest BCUT2D eigenvalue weighted by molar-refractivity contribution is 5.81. The summed E-state index contributed by atoms with van der Waals surface area (Å²) in [7, 11) is 0. The Morgan fingerprint density at radius 3 is 2.61 bits per heavy atom. The summed E-state index contributed by atoms with van der Waals surface area (Å²) in [6.07, 6.45) is 4.20. The van der Waals surface area contributed by atoms with Gasteiger partial charge in [0.05, 0.1) is 0 Å². The second-order valence-electron chi connectivity index (χ2n) is 3.98. The minimum Gasteiger partial charge on any atom is -0.457 e. The Balaban J connectivity index is 2.26. The molecule has 0 aromatic heterocycles. The van der Waals surface area contributed by atoms with Gasteiger partial charge in [0.1, 0.15) is 11.7 Å². The molecule has 0 bridgehead atoms. The second-order valence-corrected chi connectivity index (χ2v) is 3.98. The number of primary amides is 1. The van der Waals surface area contributed by atoms with Crippen molar-refractivity contribution in [1.82, 2.24) is 0 Å². The number of amides is 1. The summed E-state index contributed by atoms with van der Waals surface area (Å²) in [6, 6.07) is 8.62. The molecule has 0 aliphatic heterocycles. The van der Waals surface area contributed by atoms with Crippen molar-refractivity contribution in [2.75, 3.05) is 0 Å². The normalized spacial score (nSPS) is 26.6. The van der Waals surface area contributed by atoms with Crippen molar-refractivity contribution in [3.8, 4) is 5.75 Å². The fourth-order valence-corrected chi connectivity index (χ4v) is 1.70. The van der Waals surface area contributed by atoms with E-state index in [4.69, 9.17) is 16.2 Å². The van der Waals surface area contributed by atoms with Crippen LogP contribution in [0.4, 0.5) is 4.39 Å². The van der Waals surface area contributed by atoms with E-state index in [1.807, 2.05) is 0 Å². The first kappa shape index (κ1) is 12.3. The predicted octanol–water partition coefficient (Wildman–Crippen LogP) is 1.25. The number of nitrogens with two attached hydrogens (primary N) is 2. The number of rotatable bonds is 3. The van der Waals surface area contributed by atoms with Crippen molar-refractivity contribution in [2.24, 2.45) is 17.4 Å². The molecule has 5 heteroatoms. The molecule has 2 atom stereocenters. The van der Waals surface area contributed by atoms with Crippen LogP contribution in [-0.4, -0.2) is 11.7 Å². The summed E-state index contributed by atoms with van der Waals surface area (Å²) in [5.41, 5.74) is 10.6. The average Bonchev–Trinajstić information content (AvgIpc) is 2.32. The first-order valence-electron chi connectivity index (χ1n) is 5.41. The molecule has 1 aliphatic carbocycles. The molecule has 0 heterocycles. The lowest BCUT2D eigenvalue weighted by Gasteiger charge is -2.30. The Bertz CT molecular complexity index is 509. The highest BCUT2D eigenvalue weighted by Gasteiger charge is 2.44. The monoisotopic (exact) mass is 248 g/mol. The highest BCUT2D eigenvalue weighted by atomic mass is 19.1. The van der Waals surface area contributed by atoms with Crippen molar-refractivity contribution in [3.63, 3.8) is 0 Å². The van der Waals surface area contributed by atoms with Crippen LogP contribution in [-0.2, 0) is 4.79 Å². The topological polar surface area (TPSA) is 78.3 Å². The smallest absolute Gasteiger partial charge is 0.232 e. The van der Waals surface area contributed by atoms with Gasteiger partial charge in [-0.2, -0.15) is 0 Å². The van der Waals surface area contributed by atoms with E-state index < -0.39 is 17.6 Å². The van der Waals surface area contributed by atoms with Gasteiger partial charge in [0, 0.05) is 0 Å². The third-order valence-corrected chi connectivity index (χ3v) is 2.66. The van der Waals surface area contributed by atoms with Gasteiger partial charge in [-0.05, 0) is 18.2 Å². The number of carbonyl (C=O) groups is 1. The van der Waals surface area contributed by atoms with Crippen LogP contribution < -0.4 is 16.2 Å². The van der Waals surface area contributed by atoms with Gasteiger partial charge < -0.3 is 10.5 Å². The van der Waals surface area contributed by atoms with Crippen molar-refractivity contribution >= 4 is 5.91 Å². The number of hydrogen-bond acceptors (Lipinski definition) is 3. The van der Waals surface area contributed by atoms with E-state index in [-0.39, 0.29) is 5.76 Å². The molecule has 94 valence electrons. The Kier molecular flexibility index (Phi) is 3.16. The molecule has 4 nitrogen and oxygen atoms in total. The molecular formula is C13H13FN2O2. The molecule has 2 unspecified atom stereocenters. The molecule has 0 radical (unpaired) electrons. The van der Waals surface area contributed by atoms with Crippen molar-refractivity contribution in [2.45, 2.75) is 5.79 Å². The summed E-state index contributed by atoms with van der Waals surface area (Å²) < 4.78 is 19.7. The van der Waals surface area contributed by atoms with Crippen molar-refractivity contribution in [1.29, 1.82) is 0 Å². The van der Waals surface area contributed by atoms with Gasteiger partial charge in [-0.3, -0.25) is 10.5 Å². The number of carbonyl (C=O) groups excluding carboxylic acids is 1. The minimum absolute atomic E-state index is 0.139. The molecule has 4 N–H and O–H groups in total. The lowest BCUT2D eigenvalue weighted by Crippen LogP contribution is -2.51. The second kappa shape index (κ2) is 4.62. The summed E-state index contributed by atoms with van der Waals surface area (Å²) in [6.45, 7) is 0. The molecule has 0 fully saturated rings. The minimum atomic E-state index is -2.43. The van der Waals surface area contributed by atoms with E-state index in [2.05, 4.69) is 0 Å². The Labute approximate surface area is 104 Å². The molecular weight excluding hydrogens is 235 g/mol. The molecule has 2 rings (SSSR count). The Morgan fingerprint density at radius 2 is 2.00 bits per heavy atom. The van der Waals surface area contributed by atoms with Crippen molar-refractivity contribution in [3.05, 3.63) is 54.3 Å². The van der Waals surface area contributed by atoms with Gasteiger partial charge in [-0.1, -0.05) is 30.4 Å². The number of benzene rings is 1. The van der Waals surface area contributed by atoms with E-state index in [1.54, 1.807) is 30.3 Å². The molecule has 1 amide bonds. The molecule has 1 aromatic carbocycles. The third-order valence-electron chi connectivity index (χ3n) is 2.66. The predicted molar refractivity (Wildman–Crippen MR) is 65.0 cm³/mol. The summed E-state index contributed by atoms with van der Waals surface area (Å²) in [5.74, 6) is -4.20.